The topological polar surface area (TPSA) is 49.9 Å². The Hall–Kier alpha value is -2.13. The second-order valence-electron chi connectivity index (χ2n) is 7.27. The molecule has 1 aromatic rings. The molecule has 1 aromatic carbocycles. The van der Waals surface area contributed by atoms with Crippen LogP contribution in [-0.2, 0) is 22.3 Å². The third kappa shape index (κ3) is 4.78. The first-order chi connectivity index (χ1) is 14.2. The fraction of sp³-hybridized carbons (Fsp3) is 0.476. The molecular weight excluding hydrogens is 417 g/mol. The first-order valence-corrected chi connectivity index (χ1v) is 10.9. The number of fused-ring (bicyclic) bond motifs is 1. The van der Waals surface area contributed by atoms with Gasteiger partial charge in [0.15, 0.2) is 0 Å². The molecule has 1 atom stereocenters. The van der Waals surface area contributed by atoms with E-state index < -0.39 is 28.8 Å². The molecule has 3 rings (SSSR count). The van der Waals surface area contributed by atoms with Crippen LogP contribution in [0.25, 0.3) is 0 Å². The van der Waals surface area contributed by atoms with Gasteiger partial charge in [-0.2, -0.15) is 13.2 Å². The molecule has 5 nitrogen and oxygen atoms in total. The Kier molecular flexibility index (Phi) is 7.02. The fourth-order valence-electron chi connectivity index (χ4n) is 3.78. The maximum atomic E-state index is 13.4. The van der Waals surface area contributed by atoms with Crippen molar-refractivity contribution in [1.82, 2.24) is 4.31 Å². The van der Waals surface area contributed by atoms with Crippen molar-refractivity contribution < 1.29 is 26.9 Å². The molecule has 2 aliphatic rings. The molecule has 1 unspecified atom stereocenters. The van der Waals surface area contributed by atoms with Gasteiger partial charge in [0.2, 0.25) is 0 Å². The van der Waals surface area contributed by atoms with Crippen LogP contribution in [0.4, 0.5) is 23.7 Å². The number of halogens is 3. The highest BCUT2D eigenvalue weighted by molar-refractivity contribution is 7.86. The molecule has 2 aliphatic heterocycles. The van der Waals surface area contributed by atoms with Crippen molar-refractivity contribution in [2.75, 3.05) is 18.0 Å². The number of benzene rings is 1. The number of hydrogen-bond acceptors (Lipinski definition) is 3. The highest BCUT2D eigenvalue weighted by Gasteiger charge is 2.38. The minimum absolute atomic E-state index is 0.151. The molecule has 0 saturated carbocycles. The Morgan fingerprint density at radius 2 is 1.93 bits per heavy atom. The van der Waals surface area contributed by atoms with Crippen molar-refractivity contribution in [3.05, 3.63) is 52.5 Å². The van der Waals surface area contributed by atoms with Gasteiger partial charge in [0.25, 0.3) is 0 Å². The second kappa shape index (κ2) is 9.34. The first kappa shape index (κ1) is 22.6. The van der Waals surface area contributed by atoms with Crippen molar-refractivity contribution in [3.63, 3.8) is 0 Å². The predicted octanol–water partition coefficient (Wildman–Crippen LogP) is 5.07. The Bertz CT molecular complexity index is 874. The van der Waals surface area contributed by atoms with E-state index in [9.17, 15) is 22.2 Å². The van der Waals surface area contributed by atoms with E-state index in [-0.39, 0.29) is 24.0 Å². The van der Waals surface area contributed by atoms with Crippen molar-refractivity contribution in [3.8, 4) is 0 Å². The summed E-state index contributed by atoms with van der Waals surface area (Å²) < 4.78 is 59.9. The summed E-state index contributed by atoms with van der Waals surface area (Å²) in [5.41, 5.74) is 0.949. The number of allylic oxidation sites excluding steroid dienone is 4. The number of cyclic esters (lactones) is 1. The molecule has 1 saturated heterocycles. The lowest BCUT2D eigenvalue weighted by Crippen LogP contribution is -2.49. The van der Waals surface area contributed by atoms with Gasteiger partial charge in [0.1, 0.15) is 17.6 Å². The largest absolute Gasteiger partial charge is 0.444 e. The monoisotopic (exact) mass is 442 g/mol. The Labute approximate surface area is 176 Å². The highest BCUT2D eigenvalue weighted by Crippen LogP contribution is 2.35. The Balaban J connectivity index is 1.73. The molecule has 0 spiro atoms. The first-order valence-electron chi connectivity index (χ1n) is 9.82. The normalized spacial score (nSPS) is 20.7. The lowest BCUT2D eigenvalue weighted by molar-refractivity contribution is -0.0933. The van der Waals surface area contributed by atoms with Gasteiger partial charge in [-0.3, -0.25) is 4.90 Å². The van der Waals surface area contributed by atoms with Crippen LogP contribution >= 0.6 is 0 Å². The van der Waals surface area contributed by atoms with Crippen molar-refractivity contribution in [2.45, 2.75) is 51.9 Å². The van der Waals surface area contributed by atoms with Gasteiger partial charge < -0.3 is 4.74 Å². The summed E-state index contributed by atoms with van der Waals surface area (Å²) in [6.45, 7) is 3.82. The van der Waals surface area contributed by atoms with E-state index in [1.54, 1.807) is 22.2 Å². The maximum absolute atomic E-state index is 13.4. The summed E-state index contributed by atoms with van der Waals surface area (Å²) in [4.78, 5) is 13.8. The Morgan fingerprint density at radius 3 is 2.57 bits per heavy atom. The number of hydrogen-bond donors (Lipinski definition) is 0. The van der Waals surface area contributed by atoms with Crippen LogP contribution in [0.15, 0.2) is 46.9 Å². The fourth-order valence-corrected chi connectivity index (χ4v) is 5.12. The minimum atomic E-state index is -4.53. The zero-order valence-electron chi connectivity index (χ0n) is 16.9. The van der Waals surface area contributed by atoms with E-state index in [0.29, 0.717) is 25.9 Å². The van der Waals surface area contributed by atoms with Crippen LogP contribution in [0, 0.1) is 0 Å². The lowest BCUT2D eigenvalue weighted by Gasteiger charge is -2.39. The summed E-state index contributed by atoms with van der Waals surface area (Å²) in [7, 11) is -1.88. The third-order valence-corrected chi connectivity index (χ3v) is 7.01. The van der Waals surface area contributed by atoms with E-state index in [1.165, 1.54) is 13.0 Å². The molecule has 0 aromatic heterocycles. The van der Waals surface area contributed by atoms with E-state index in [2.05, 4.69) is 0 Å². The quantitative estimate of drug-likeness (QED) is 0.598. The molecule has 164 valence electrons. The molecule has 1 fully saturated rings. The van der Waals surface area contributed by atoms with Crippen LogP contribution in [0.1, 0.15) is 38.7 Å². The van der Waals surface area contributed by atoms with Crippen LogP contribution < -0.4 is 4.90 Å². The van der Waals surface area contributed by atoms with Gasteiger partial charge in [-0.15, -0.1) is 0 Å². The van der Waals surface area contributed by atoms with Gasteiger partial charge >= 0.3 is 12.3 Å². The van der Waals surface area contributed by atoms with Gasteiger partial charge in [-0.25, -0.2) is 13.3 Å². The third-order valence-electron chi connectivity index (χ3n) is 5.41. The highest BCUT2D eigenvalue weighted by atomic mass is 32.2. The number of rotatable bonds is 5. The number of anilines is 1. The number of alkyl halides is 3. The lowest BCUT2D eigenvalue weighted by atomic mass is 10.0. The molecule has 1 amide bonds. The van der Waals surface area contributed by atoms with Crippen molar-refractivity contribution >= 4 is 22.8 Å². The molecule has 30 heavy (non-hydrogen) atoms. The van der Waals surface area contributed by atoms with Crippen molar-refractivity contribution in [2.24, 2.45) is 0 Å². The predicted molar refractivity (Wildman–Crippen MR) is 110 cm³/mol. The van der Waals surface area contributed by atoms with Gasteiger partial charge in [0, 0.05) is 35.2 Å². The summed E-state index contributed by atoms with van der Waals surface area (Å²) in [6.07, 6.45) is -1.30. The number of carbonyl (C=O) groups excluding carboxylic acids is 1. The minimum Gasteiger partial charge on any atom is -0.444 e. The summed E-state index contributed by atoms with van der Waals surface area (Å²) in [5, 5.41) is 0. The molecule has 2 heterocycles. The second-order valence-corrected chi connectivity index (χ2v) is 8.90. The van der Waals surface area contributed by atoms with Crippen LogP contribution in [-0.4, -0.2) is 39.9 Å². The number of ether oxygens (including phenoxy) is 1. The van der Waals surface area contributed by atoms with E-state index >= 15 is 0 Å². The van der Waals surface area contributed by atoms with Gasteiger partial charge in [0.05, 0.1) is 5.69 Å². The number of para-hydroxylation sites is 1. The summed E-state index contributed by atoms with van der Waals surface area (Å²) in [6, 6.07) is 7.34. The zero-order chi connectivity index (χ0) is 21.9. The average Bonchev–Trinajstić information content (AvgIpc) is 2.72. The van der Waals surface area contributed by atoms with Crippen LogP contribution in [0.3, 0.4) is 0 Å². The summed E-state index contributed by atoms with van der Waals surface area (Å²) >= 11 is 0. The van der Waals surface area contributed by atoms with E-state index in [4.69, 9.17) is 4.74 Å². The molecule has 0 aliphatic carbocycles. The molecule has 0 bridgehead atoms. The number of amides is 1. The molecule has 0 N–H and O–H groups in total. The van der Waals surface area contributed by atoms with Gasteiger partial charge in [-0.1, -0.05) is 30.4 Å². The van der Waals surface area contributed by atoms with E-state index in [0.717, 1.165) is 11.3 Å². The molecule has 0 radical (unpaired) electrons. The van der Waals surface area contributed by atoms with Crippen LogP contribution in [0.2, 0.25) is 0 Å². The van der Waals surface area contributed by atoms with E-state index in [1.807, 2.05) is 24.3 Å². The van der Waals surface area contributed by atoms with Crippen LogP contribution in [0.5, 0.6) is 0 Å². The zero-order valence-corrected chi connectivity index (χ0v) is 17.8. The number of piperidine rings is 1. The Morgan fingerprint density at radius 1 is 1.27 bits per heavy atom. The number of carbonyl (C=O) groups is 1. The van der Waals surface area contributed by atoms with Gasteiger partial charge in [-0.05, 0) is 39.2 Å². The smallest absolute Gasteiger partial charge is 0.414 e. The standard InChI is InChI=1S/C21H25F3N2O3S/c1-3-4-8-18(21(22,23)24)15(2)30(28)25-12-10-17(11-13-25)26-19-9-6-5-7-16(19)14-29-20(26)27/h3-7,9,17H,8,10-14H2,1-2H3/b4-3-,18-15-. The summed E-state index contributed by atoms with van der Waals surface area (Å²) in [5.74, 6) is 0. The SMILES string of the molecule is C/C=C\C/C(=C(\C)S(=O)N1CCC(N2C(=O)OCc3ccccc32)CC1)C(F)(F)F. The average molecular weight is 443 g/mol. The molecular formula is C21H25F3N2O3S. The maximum Gasteiger partial charge on any atom is 0.414 e. The van der Waals surface area contributed by atoms with Crippen molar-refractivity contribution in [1.29, 1.82) is 0 Å². The number of nitrogens with zero attached hydrogens (tertiary/aromatic N) is 2. The molecule has 9 heteroatoms.